The molecule has 94 valence electrons. The molecular formula is C13H20N2OS. The molecule has 0 aromatic heterocycles. The van der Waals surface area contributed by atoms with Crippen molar-refractivity contribution in [1.82, 2.24) is 5.32 Å². The van der Waals surface area contributed by atoms with Crippen LogP contribution in [-0.4, -0.2) is 24.0 Å². The van der Waals surface area contributed by atoms with E-state index in [1.165, 1.54) is 0 Å². The Hall–Kier alpha value is -1.16. The maximum absolute atomic E-state index is 12.1. The molecule has 1 amide bonds. The monoisotopic (exact) mass is 252 g/mol. The van der Waals surface area contributed by atoms with Gasteiger partial charge in [0.15, 0.2) is 0 Å². The number of anilines is 1. The molecule has 4 heteroatoms. The Kier molecular flexibility index (Phi) is 5.35. The van der Waals surface area contributed by atoms with E-state index in [1.807, 2.05) is 25.3 Å². The molecule has 1 unspecified atom stereocenters. The number of aryl methyl sites for hydroxylation is 1. The molecule has 0 aliphatic carbocycles. The number of rotatable bonds is 5. The Bertz CT molecular complexity index is 393. The van der Waals surface area contributed by atoms with Crippen LogP contribution in [0.1, 0.15) is 29.3 Å². The van der Waals surface area contributed by atoms with Crippen molar-refractivity contribution >= 4 is 23.4 Å². The van der Waals surface area contributed by atoms with Crippen molar-refractivity contribution in [3.63, 3.8) is 0 Å². The average Bonchev–Trinajstić information content (AvgIpc) is 2.31. The first-order chi connectivity index (χ1) is 8.08. The lowest BCUT2D eigenvalue weighted by molar-refractivity contribution is 0.0941. The van der Waals surface area contributed by atoms with Gasteiger partial charge in [-0.3, -0.25) is 4.79 Å². The maximum atomic E-state index is 12.1. The van der Waals surface area contributed by atoms with Crippen molar-refractivity contribution < 1.29 is 4.79 Å². The third-order valence-corrected chi connectivity index (χ3v) is 3.38. The van der Waals surface area contributed by atoms with Crippen molar-refractivity contribution in [3.8, 4) is 0 Å². The van der Waals surface area contributed by atoms with Crippen LogP contribution in [0.3, 0.4) is 0 Å². The van der Waals surface area contributed by atoms with Gasteiger partial charge in [-0.1, -0.05) is 18.6 Å². The predicted octanol–water partition coefficient (Wildman–Crippen LogP) is 2.45. The van der Waals surface area contributed by atoms with Crippen molar-refractivity contribution in [2.45, 2.75) is 26.3 Å². The van der Waals surface area contributed by atoms with E-state index in [9.17, 15) is 4.79 Å². The molecule has 0 fully saturated rings. The highest BCUT2D eigenvalue weighted by Crippen LogP contribution is 2.14. The lowest BCUT2D eigenvalue weighted by Gasteiger charge is -2.16. The Morgan fingerprint density at radius 3 is 2.82 bits per heavy atom. The van der Waals surface area contributed by atoms with Crippen LogP contribution in [0, 0.1) is 6.92 Å². The zero-order valence-corrected chi connectivity index (χ0v) is 11.4. The summed E-state index contributed by atoms with van der Waals surface area (Å²) in [6.07, 6.45) is 2.97. The number of hydrogen-bond donors (Lipinski definition) is 2. The van der Waals surface area contributed by atoms with E-state index in [-0.39, 0.29) is 11.9 Å². The Morgan fingerprint density at radius 2 is 2.24 bits per heavy atom. The lowest BCUT2D eigenvalue weighted by atomic mass is 10.1. The molecule has 0 saturated carbocycles. The second-order valence-corrected chi connectivity index (χ2v) is 5.04. The Labute approximate surface area is 107 Å². The first-order valence-electron chi connectivity index (χ1n) is 5.74. The van der Waals surface area contributed by atoms with E-state index < -0.39 is 0 Å². The number of nitrogens with one attached hydrogen (secondary N) is 1. The standard InChI is InChI=1S/C13H20N2OS/c1-4-10(8-17-3)15-13(16)11-7-9(2)5-6-12(11)14/h5-7,10H,4,8,14H2,1-3H3,(H,15,16). The molecular weight excluding hydrogens is 232 g/mol. The van der Waals surface area contributed by atoms with Crippen LogP contribution >= 0.6 is 11.8 Å². The van der Waals surface area contributed by atoms with E-state index >= 15 is 0 Å². The van der Waals surface area contributed by atoms with Gasteiger partial charge in [0.2, 0.25) is 0 Å². The molecule has 0 aliphatic rings. The molecule has 3 nitrogen and oxygen atoms in total. The molecule has 0 heterocycles. The van der Waals surface area contributed by atoms with Crippen LogP contribution in [-0.2, 0) is 0 Å². The topological polar surface area (TPSA) is 55.1 Å². The summed E-state index contributed by atoms with van der Waals surface area (Å²) in [5.74, 6) is 0.848. The quantitative estimate of drug-likeness (QED) is 0.791. The molecule has 17 heavy (non-hydrogen) atoms. The largest absolute Gasteiger partial charge is 0.398 e. The van der Waals surface area contributed by atoms with Crippen LogP contribution in [0.25, 0.3) is 0 Å². The van der Waals surface area contributed by atoms with Gasteiger partial charge >= 0.3 is 0 Å². The first kappa shape index (κ1) is 13.9. The summed E-state index contributed by atoms with van der Waals surface area (Å²) < 4.78 is 0. The van der Waals surface area contributed by atoms with Crippen LogP contribution in [0.15, 0.2) is 18.2 Å². The molecule has 0 spiro atoms. The van der Waals surface area contributed by atoms with Gasteiger partial charge in [0.25, 0.3) is 5.91 Å². The maximum Gasteiger partial charge on any atom is 0.253 e. The smallest absolute Gasteiger partial charge is 0.253 e. The highest BCUT2D eigenvalue weighted by molar-refractivity contribution is 7.98. The van der Waals surface area contributed by atoms with E-state index in [2.05, 4.69) is 12.2 Å². The SMILES string of the molecule is CCC(CSC)NC(=O)c1cc(C)ccc1N. The molecule has 0 aliphatic heterocycles. The summed E-state index contributed by atoms with van der Waals surface area (Å²) in [7, 11) is 0. The zero-order chi connectivity index (χ0) is 12.8. The normalized spacial score (nSPS) is 12.2. The average molecular weight is 252 g/mol. The van der Waals surface area contributed by atoms with Gasteiger partial charge in [-0.25, -0.2) is 0 Å². The molecule has 0 saturated heterocycles. The molecule has 0 bridgehead atoms. The van der Waals surface area contributed by atoms with Crippen LogP contribution in [0.2, 0.25) is 0 Å². The highest BCUT2D eigenvalue weighted by atomic mass is 32.2. The van der Waals surface area contributed by atoms with Crippen LogP contribution in [0.5, 0.6) is 0 Å². The van der Waals surface area contributed by atoms with E-state index in [0.29, 0.717) is 11.3 Å². The number of carbonyl (C=O) groups excluding carboxylic acids is 1. The van der Waals surface area contributed by atoms with Crippen molar-refractivity contribution in [2.75, 3.05) is 17.7 Å². The van der Waals surface area contributed by atoms with Gasteiger partial charge in [0, 0.05) is 17.5 Å². The predicted molar refractivity (Wildman–Crippen MR) is 75.5 cm³/mol. The third-order valence-electron chi connectivity index (χ3n) is 2.65. The molecule has 1 aromatic carbocycles. The summed E-state index contributed by atoms with van der Waals surface area (Å²) in [5.41, 5.74) is 7.97. The van der Waals surface area contributed by atoms with Gasteiger partial charge in [-0.15, -0.1) is 0 Å². The number of nitrogens with two attached hydrogens (primary N) is 1. The lowest BCUT2D eigenvalue weighted by Crippen LogP contribution is -2.36. The fourth-order valence-corrected chi connectivity index (χ4v) is 2.31. The van der Waals surface area contributed by atoms with E-state index in [4.69, 9.17) is 5.73 Å². The fraction of sp³-hybridized carbons (Fsp3) is 0.462. The fourth-order valence-electron chi connectivity index (χ4n) is 1.59. The summed E-state index contributed by atoms with van der Waals surface area (Å²) in [4.78, 5) is 12.1. The second kappa shape index (κ2) is 6.55. The summed E-state index contributed by atoms with van der Waals surface area (Å²) >= 11 is 1.73. The molecule has 3 N–H and O–H groups in total. The van der Waals surface area contributed by atoms with Gasteiger partial charge in [-0.2, -0.15) is 11.8 Å². The second-order valence-electron chi connectivity index (χ2n) is 4.12. The number of nitrogen functional groups attached to an aromatic ring is 1. The number of thioether (sulfide) groups is 1. The summed E-state index contributed by atoms with van der Waals surface area (Å²) in [5, 5.41) is 3.01. The highest BCUT2D eigenvalue weighted by Gasteiger charge is 2.14. The van der Waals surface area contributed by atoms with Crippen molar-refractivity contribution in [2.24, 2.45) is 0 Å². The Balaban J connectivity index is 2.78. The van der Waals surface area contributed by atoms with Crippen molar-refractivity contribution in [1.29, 1.82) is 0 Å². The molecule has 1 atom stereocenters. The number of carbonyl (C=O) groups is 1. The zero-order valence-electron chi connectivity index (χ0n) is 10.6. The van der Waals surface area contributed by atoms with Gasteiger partial charge in [-0.05, 0) is 31.7 Å². The van der Waals surface area contributed by atoms with Gasteiger partial charge < -0.3 is 11.1 Å². The molecule has 1 rings (SSSR count). The molecule has 0 radical (unpaired) electrons. The van der Waals surface area contributed by atoms with Gasteiger partial charge in [0.05, 0.1) is 5.56 Å². The number of benzene rings is 1. The van der Waals surface area contributed by atoms with Gasteiger partial charge in [0.1, 0.15) is 0 Å². The summed E-state index contributed by atoms with van der Waals surface area (Å²) in [6, 6.07) is 5.72. The van der Waals surface area contributed by atoms with Crippen molar-refractivity contribution in [3.05, 3.63) is 29.3 Å². The third kappa shape index (κ3) is 3.97. The minimum atomic E-state index is -0.0768. The van der Waals surface area contributed by atoms with E-state index in [0.717, 1.165) is 17.7 Å². The van der Waals surface area contributed by atoms with Crippen LogP contribution in [0.4, 0.5) is 5.69 Å². The first-order valence-corrected chi connectivity index (χ1v) is 7.13. The van der Waals surface area contributed by atoms with Crippen LogP contribution < -0.4 is 11.1 Å². The Morgan fingerprint density at radius 1 is 1.53 bits per heavy atom. The molecule has 1 aromatic rings. The minimum absolute atomic E-state index is 0.0768. The van der Waals surface area contributed by atoms with E-state index in [1.54, 1.807) is 17.8 Å². The summed E-state index contributed by atoms with van der Waals surface area (Å²) in [6.45, 7) is 4.02. The minimum Gasteiger partial charge on any atom is -0.398 e. The number of amides is 1. The number of hydrogen-bond acceptors (Lipinski definition) is 3.